The van der Waals surface area contributed by atoms with Crippen LogP contribution >= 0.6 is 11.8 Å². The fourth-order valence-corrected chi connectivity index (χ4v) is 3.31. The number of carbonyl (C=O) groups is 1. The molecule has 0 atom stereocenters. The molecule has 6 heteroatoms. The largest absolute Gasteiger partial charge is 0.497 e. The summed E-state index contributed by atoms with van der Waals surface area (Å²) in [5.41, 5.74) is 3.78. The topological polar surface area (TPSA) is 64.1 Å². The number of aromatic nitrogens is 2. The number of carbonyl (C=O) groups excluding carboxylic acids is 1. The van der Waals surface area contributed by atoms with Crippen LogP contribution in [0.5, 0.6) is 5.75 Å². The first-order chi connectivity index (χ1) is 13.2. The van der Waals surface area contributed by atoms with E-state index in [9.17, 15) is 4.79 Å². The maximum absolute atomic E-state index is 12.0. The van der Waals surface area contributed by atoms with E-state index in [2.05, 4.69) is 27.4 Å². The Bertz CT molecular complexity index is 870. The molecule has 27 heavy (non-hydrogen) atoms. The molecule has 1 N–H and O–H groups in total. The van der Waals surface area contributed by atoms with Crippen LogP contribution in [0.1, 0.15) is 11.3 Å². The third-order valence-electron chi connectivity index (χ3n) is 3.92. The van der Waals surface area contributed by atoms with Gasteiger partial charge in [0.2, 0.25) is 5.91 Å². The highest BCUT2D eigenvalue weighted by molar-refractivity contribution is 7.99. The van der Waals surface area contributed by atoms with Gasteiger partial charge in [0.05, 0.1) is 30.8 Å². The molecule has 0 unspecified atom stereocenters. The predicted octanol–water partition coefficient (Wildman–Crippen LogP) is 3.70. The minimum Gasteiger partial charge on any atom is -0.497 e. The van der Waals surface area contributed by atoms with Crippen molar-refractivity contribution in [2.24, 2.45) is 0 Å². The summed E-state index contributed by atoms with van der Waals surface area (Å²) in [6.07, 6.45) is 1.52. The Labute approximate surface area is 163 Å². The number of benzene rings is 2. The van der Waals surface area contributed by atoms with E-state index in [1.54, 1.807) is 18.9 Å². The standard InChI is InChI=1S/C21H21N3O2S/c1-26-19-9-7-17(8-10-19)20-11-18(23-15-24-20)12-22-21(25)14-27-13-16-5-3-2-4-6-16/h2-11,15H,12-14H2,1H3,(H,22,25). The van der Waals surface area contributed by atoms with Crippen molar-refractivity contribution in [2.45, 2.75) is 12.3 Å². The number of hydrogen-bond donors (Lipinski definition) is 1. The molecule has 1 amide bonds. The predicted molar refractivity (Wildman–Crippen MR) is 108 cm³/mol. The Balaban J connectivity index is 1.49. The summed E-state index contributed by atoms with van der Waals surface area (Å²) >= 11 is 1.60. The molecule has 0 aliphatic carbocycles. The van der Waals surface area contributed by atoms with Crippen molar-refractivity contribution < 1.29 is 9.53 Å². The van der Waals surface area contributed by atoms with E-state index >= 15 is 0 Å². The van der Waals surface area contributed by atoms with Crippen LogP contribution in [0, 0.1) is 0 Å². The van der Waals surface area contributed by atoms with Crippen LogP contribution in [0.2, 0.25) is 0 Å². The number of rotatable bonds is 8. The van der Waals surface area contributed by atoms with E-state index in [0.717, 1.165) is 28.5 Å². The second kappa shape index (κ2) is 9.73. The summed E-state index contributed by atoms with van der Waals surface area (Å²) in [7, 11) is 1.64. The van der Waals surface area contributed by atoms with Gasteiger partial charge in [0.15, 0.2) is 0 Å². The second-order valence-corrected chi connectivity index (χ2v) is 6.86. The van der Waals surface area contributed by atoms with Crippen molar-refractivity contribution in [1.29, 1.82) is 0 Å². The molecule has 2 aromatic carbocycles. The fourth-order valence-electron chi connectivity index (χ4n) is 2.49. The molecule has 0 bridgehead atoms. The third-order valence-corrected chi connectivity index (χ3v) is 4.92. The number of amides is 1. The smallest absolute Gasteiger partial charge is 0.230 e. The van der Waals surface area contributed by atoms with Crippen molar-refractivity contribution in [2.75, 3.05) is 12.9 Å². The van der Waals surface area contributed by atoms with Crippen molar-refractivity contribution in [3.05, 3.63) is 78.2 Å². The number of ether oxygens (including phenoxy) is 1. The molecular formula is C21H21N3O2S. The Hall–Kier alpha value is -2.86. The van der Waals surface area contributed by atoms with Gasteiger partial charge in [-0.15, -0.1) is 11.8 Å². The molecule has 1 heterocycles. The third kappa shape index (κ3) is 5.82. The molecule has 0 fully saturated rings. The van der Waals surface area contributed by atoms with Crippen molar-refractivity contribution in [3.63, 3.8) is 0 Å². The van der Waals surface area contributed by atoms with E-state index in [1.807, 2.05) is 48.5 Å². The number of nitrogens with zero attached hydrogens (tertiary/aromatic N) is 2. The van der Waals surface area contributed by atoms with Crippen LogP contribution in [0.3, 0.4) is 0 Å². The summed E-state index contributed by atoms with van der Waals surface area (Å²) in [6.45, 7) is 0.385. The van der Waals surface area contributed by atoms with Gasteiger partial charge < -0.3 is 10.1 Å². The molecule has 0 spiro atoms. The lowest BCUT2D eigenvalue weighted by molar-refractivity contribution is -0.118. The molecule has 0 aliphatic heterocycles. The minimum atomic E-state index is 0.000501. The van der Waals surface area contributed by atoms with Crippen LogP contribution in [0.4, 0.5) is 0 Å². The summed E-state index contributed by atoms with van der Waals surface area (Å²) < 4.78 is 5.17. The van der Waals surface area contributed by atoms with E-state index in [1.165, 1.54) is 11.9 Å². The van der Waals surface area contributed by atoms with E-state index < -0.39 is 0 Å². The number of thioether (sulfide) groups is 1. The molecule has 3 rings (SSSR count). The Morgan fingerprint density at radius 1 is 1.07 bits per heavy atom. The Morgan fingerprint density at radius 2 is 1.85 bits per heavy atom. The first-order valence-corrected chi connectivity index (χ1v) is 9.74. The molecule has 0 aliphatic rings. The zero-order valence-electron chi connectivity index (χ0n) is 15.1. The summed E-state index contributed by atoms with van der Waals surface area (Å²) in [5.74, 6) is 2.04. The number of methoxy groups -OCH3 is 1. The van der Waals surface area contributed by atoms with E-state index in [0.29, 0.717) is 12.3 Å². The van der Waals surface area contributed by atoms with Crippen LogP contribution in [0.25, 0.3) is 11.3 Å². The van der Waals surface area contributed by atoms with Gasteiger partial charge in [0, 0.05) is 11.3 Å². The Morgan fingerprint density at radius 3 is 2.59 bits per heavy atom. The zero-order valence-corrected chi connectivity index (χ0v) is 15.9. The molecule has 138 valence electrons. The summed E-state index contributed by atoms with van der Waals surface area (Å²) in [6, 6.07) is 19.7. The van der Waals surface area contributed by atoms with Crippen LogP contribution in [0.15, 0.2) is 67.0 Å². The molecule has 1 aromatic heterocycles. The molecule has 0 saturated heterocycles. The maximum atomic E-state index is 12.0. The highest BCUT2D eigenvalue weighted by Crippen LogP contribution is 2.20. The molecule has 0 saturated carbocycles. The Kier molecular flexibility index (Phi) is 6.82. The van der Waals surface area contributed by atoms with Gasteiger partial charge in [-0.05, 0) is 35.9 Å². The second-order valence-electron chi connectivity index (χ2n) is 5.88. The van der Waals surface area contributed by atoms with Gasteiger partial charge in [-0.2, -0.15) is 0 Å². The first-order valence-electron chi connectivity index (χ1n) is 8.58. The first kappa shape index (κ1) is 18.9. The van der Waals surface area contributed by atoms with Crippen molar-refractivity contribution in [3.8, 4) is 17.0 Å². The summed E-state index contributed by atoms with van der Waals surface area (Å²) in [4.78, 5) is 20.6. The van der Waals surface area contributed by atoms with Gasteiger partial charge in [0.25, 0.3) is 0 Å². The zero-order chi connectivity index (χ0) is 18.9. The average molecular weight is 379 g/mol. The molecule has 0 radical (unpaired) electrons. The van der Waals surface area contributed by atoms with Crippen LogP contribution < -0.4 is 10.1 Å². The lowest BCUT2D eigenvalue weighted by atomic mass is 10.1. The van der Waals surface area contributed by atoms with Gasteiger partial charge in [-0.1, -0.05) is 30.3 Å². The van der Waals surface area contributed by atoms with Gasteiger partial charge in [-0.25, -0.2) is 9.97 Å². The highest BCUT2D eigenvalue weighted by atomic mass is 32.2. The average Bonchev–Trinajstić information content (AvgIpc) is 2.73. The quantitative estimate of drug-likeness (QED) is 0.646. The summed E-state index contributed by atoms with van der Waals surface area (Å²) in [5, 5.41) is 2.91. The number of nitrogens with one attached hydrogen (secondary N) is 1. The lowest BCUT2D eigenvalue weighted by Crippen LogP contribution is -2.25. The molecular weight excluding hydrogens is 358 g/mol. The normalized spacial score (nSPS) is 10.4. The molecule has 5 nitrogen and oxygen atoms in total. The van der Waals surface area contributed by atoms with Crippen LogP contribution in [-0.2, 0) is 17.1 Å². The minimum absolute atomic E-state index is 0.000501. The van der Waals surface area contributed by atoms with Gasteiger partial charge >= 0.3 is 0 Å². The maximum Gasteiger partial charge on any atom is 0.230 e. The fraction of sp³-hybridized carbons (Fsp3) is 0.190. The highest BCUT2D eigenvalue weighted by Gasteiger charge is 2.06. The SMILES string of the molecule is COc1ccc(-c2cc(CNC(=O)CSCc3ccccc3)ncn2)cc1. The van der Waals surface area contributed by atoms with E-state index in [4.69, 9.17) is 4.74 Å². The van der Waals surface area contributed by atoms with Crippen molar-refractivity contribution in [1.82, 2.24) is 15.3 Å². The van der Waals surface area contributed by atoms with Crippen molar-refractivity contribution >= 4 is 17.7 Å². The molecule has 3 aromatic rings. The van der Waals surface area contributed by atoms with Gasteiger partial charge in [-0.3, -0.25) is 4.79 Å². The lowest BCUT2D eigenvalue weighted by Gasteiger charge is -2.07. The monoisotopic (exact) mass is 379 g/mol. The van der Waals surface area contributed by atoms with E-state index in [-0.39, 0.29) is 5.91 Å². The van der Waals surface area contributed by atoms with Gasteiger partial charge in [0.1, 0.15) is 12.1 Å². The van der Waals surface area contributed by atoms with Crippen LogP contribution in [-0.4, -0.2) is 28.7 Å². The number of hydrogen-bond acceptors (Lipinski definition) is 5.